The number of ether oxygens (including phenoxy) is 1. The van der Waals surface area contributed by atoms with E-state index in [1.165, 1.54) is 18.4 Å². The SMILES string of the molecule is COc1ccccc1NC(=O)C(=O)NCc1cccs1. The van der Waals surface area contributed by atoms with Crippen molar-refractivity contribution in [2.24, 2.45) is 0 Å². The van der Waals surface area contributed by atoms with Crippen LogP contribution in [0.25, 0.3) is 0 Å². The zero-order chi connectivity index (χ0) is 14.4. The van der Waals surface area contributed by atoms with Gasteiger partial charge in [-0.3, -0.25) is 9.59 Å². The highest BCUT2D eigenvalue weighted by Crippen LogP contribution is 2.22. The van der Waals surface area contributed by atoms with Gasteiger partial charge >= 0.3 is 11.8 Å². The molecule has 2 rings (SSSR count). The number of hydrogen-bond acceptors (Lipinski definition) is 4. The minimum atomic E-state index is -0.717. The molecule has 6 heteroatoms. The number of carbonyl (C=O) groups is 2. The molecular weight excluding hydrogens is 276 g/mol. The average Bonchev–Trinajstić information content (AvgIpc) is 2.98. The van der Waals surface area contributed by atoms with Crippen LogP contribution >= 0.6 is 11.3 Å². The van der Waals surface area contributed by atoms with E-state index in [-0.39, 0.29) is 0 Å². The largest absolute Gasteiger partial charge is 0.495 e. The first-order valence-corrected chi connectivity index (χ1v) is 6.83. The van der Waals surface area contributed by atoms with Crippen LogP contribution in [0.2, 0.25) is 0 Å². The molecule has 0 radical (unpaired) electrons. The number of amides is 2. The fraction of sp³-hybridized carbons (Fsp3) is 0.143. The summed E-state index contributed by atoms with van der Waals surface area (Å²) in [6.45, 7) is 0.343. The number of para-hydroxylation sites is 2. The number of nitrogens with one attached hydrogen (secondary N) is 2. The summed E-state index contributed by atoms with van der Waals surface area (Å²) >= 11 is 1.52. The Morgan fingerprint density at radius 2 is 1.95 bits per heavy atom. The molecule has 0 aliphatic heterocycles. The van der Waals surface area contributed by atoms with Gasteiger partial charge in [-0.1, -0.05) is 18.2 Å². The summed E-state index contributed by atoms with van der Waals surface area (Å²) in [7, 11) is 1.50. The van der Waals surface area contributed by atoms with Crippen LogP contribution in [0.1, 0.15) is 4.88 Å². The van der Waals surface area contributed by atoms with Crippen molar-refractivity contribution in [3.05, 3.63) is 46.7 Å². The number of anilines is 1. The first-order valence-electron chi connectivity index (χ1n) is 5.95. The molecule has 1 heterocycles. The van der Waals surface area contributed by atoms with E-state index in [1.54, 1.807) is 24.3 Å². The van der Waals surface area contributed by atoms with Gasteiger partial charge in [0, 0.05) is 4.88 Å². The minimum Gasteiger partial charge on any atom is -0.495 e. The zero-order valence-corrected chi connectivity index (χ0v) is 11.7. The lowest BCUT2D eigenvalue weighted by molar-refractivity contribution is -0.136. The molecule has 0 aliphatic carbocycles. The highest BCUT2D eigenvalue weighted by Gasteiger charge is 2.15. The Bertz CT molecular complexity index is 596. The van der Waals surface area contributed by atoms with E-state index in [4.69, 9.17) is 4.74 Å². The monoisotopic (exact) mass is 290 g/mol. The van der Waals surface area contributed by atoms with Crippen LogP contribution in [0.15, 0.2) is 41.8 Å². The summed E-state index contributed by atoms with van der Waals surface area (Å²) in [6.07, 6.45) is 0. The van der Waals surface area contributed by atoms with Gasteiger partial charge in [0.1, 0.15) is 5.75 Å². The highest BCUT2D eigenvalue weighted by atomic mass is 32.1. The molecule has 2 aromatic rings. The lowest BCUT2D eigenvalue weighted by Gasteiger charge is -2.09. The second kappa shape index (κ2) is 6.72. The second-order valence-corrected chi connectivity index (χ2v) is 4.95. The van der Waals surface area contributed by atoms with Crippen molar-refractivity contribution in [1.29, 1.82) is 0 Å². The number of benzene rings is 1. The fourth-order valence-electron chi connectivity index (χ4n) is 1.59. The molecule has 1 aromatic heterocycles. The number of carbonyl (C=O) groups excluding carboxylic acids is 2. The van der Waals surface area contributed by atoms with Crippen molar-refractivity contribution in [1.82, 2.24) is 5.32 Å². The summed E-state index contributed by atoms with van der Waals surface area (Å²) in [6, 6.07) is 10.7. The Labute approximate surface area is 120 Å². The predicted octanol–water partition coefficient (Wildman–Crippen LogP) is 2.01. The van der Waals surface area contributed by atoms with E-state index >= 15 is 0 Å². The molecule has 5 nitrogen and oxygen atoms in total. The van der Waals surface area contributed by atoms with Gasteiger partial charge in [0.2, 0.25) is 0 Å². The van der Waals surface area contributed by atoms with Crippen molar-refractivity contribution < 1.29 is 14.3 Å². The van der Waals surface area contributed by atoms with Crippen LogP contribution in [0, 0.1) is 0 Å². The Hall–Kier alpha value is -2.34. The van der Waals surface area contributed by atoms with Gasteiger partial charge < -0.3 is 15.4 Å². The summed E-state index contributed by atoms with van der Waals surface area (Å²) in [4.78, 5) is 24.4. The van der Waals surface area contributed by atoms with Gasteiger partial charge in [0.25, 0.3) is 0 Å². The van der Waals surface area contributed by atoms with E-state index in [0.29, 0.717) is 18.0 Å². The Kier molecular flexibility index (Phi) is 4.73. The fourth-order valence-corrected chi connectivity index (χ4v) is 2.23. The molecule has 2 N–H and O–H groups in total. The first kappa shape index (κ1) is 14.1. The third-order valence-corrected chi connectivity index (χ3v) is 3.44. The maximum atomic E-state index is 11.8. The van der Waals surface area contributed by atoms with Crippen molar-refractivity contribution in [3.8, 4) is 5.75 Å². The van der Waals surface area contributed by atoms with E-state index < -0.39 is 11.8 Å². The van der Waals surface area contributed by atoms with Gasteiger partial charge in [0.05, 0.1) is 19.3 Å². The highest BCUT2D eigenvalue weighted by molar-refractivity contribution is 7.09. The molecule has 0 unspecified atom stereocenters. The van der Waals surface area contributed by atoms with Gasteiger partial charge in [-0.25, -0.2) is 0 Å². The van der Waals surface area contributed by atoms with Crippen LogP contribution in [0.5, 0.6) is 5.75 Å². The number of thiophene rings is 1. The topological polar surface area (TPSA) is 67.4 Å². The molecule has 0 aliphatic rings. The molecule has 2 amide bonds. The van der Waals surface area contributed by atoms with Crippen molar-refractivity contribution in [2.45, 2.75) is 6.54 Å². The first-order chi connectivity index (χ1) is 9.70. The molecule has 0 fully saturated rings. The van der Waals surface area contributed by atoms with Crippen LogP contribution in [-0.2, 0) is 16.1 Å². The summed E-state index contributed by atoms with van der Waals surface area (Å²) in [5, 5.41) is 6.99. The third-order valence-electron chi connectivity index (χ3n) is 2.56. The maximum Gasteiger partial charge on any atom is 0.313 e. The standard InChI is InChI=1S/C14H14N2O3S/c1-19-12-7-3-2-6-11(12)16-14(18)13(17)15-9-10-5-4-8-20-10/h2-8H,9H2,1H3,(H,15,17)(H,16,18). The summed E-state index contributed by atoms with van der Waals surface area (Å²) in [5.74, 6) is -0.887. The summed E-state index contributed by atoms with van der Waals surface area (Å²) < 4.78 is 5.10. The van der Waals surface area contributed by atoms with Gasteiger partial charge in [0.15, 0.2) is 0 Å². The number of hydrogen-bond donors (Lipinski definition) is 2. The van der Waals surface area contributed by atoms with Crippen molar-refractivity contribution >= 4 is 28.8 Å². The number of rotatable bonds is 4. The molecule has 104 valence electrons. The molecule has 0 bridgehead atoms. The number of methoxy groups -OCH3 is 1. The predicted molar refractivity (Wildman–Crippen MR) is 77.8 cm³/mol. The van der Waals surface area contributed by atoms with Gasteiger partial charge in [-0.2, -0.15) is 0 Å². The van der Waals surface area contributed by atoms with Crippen LogP contribution in [-0.4, -0.2) is 18.9 Å². The lowest BCUT2D eigenvalue weighted by atomic mass is 10.3. The van der Waals surface area contributed by atoms with Crippen LogP contribution < -0.4 is 15.4 Å². The van der Waals surface area contributed by atoms with Gasteiger partial charge in [-0.15, -0.1) is 11.3 Å². The van der Waals surface area contributed by atoms with Crippen molar-refractivity contribution in [2.75, 3.05) is 12.4 Å². The molecule has 0 atom stereocenters. The van der Waals surface area contributed by atoms with Crippen LogP contribution in [0.4, 0.5) is 5.69 Å². The Morgan fingerprint density at radius 3 is 2.65 bits per heavy atom. The van der Waals surface area contributed by atoms with E-state index in [9.17, 15) is 9.59 Å². The van der Waals surface area contributed by atoms with E-state index in [2.05, 4.69) is 10.6 Å². The minimum absolute atomic E-state index is 0.343. The molecule has 0 spiro atoms. The molecule has 20 heavy (non-hydrogen) atoms. The lowest BCUT2D eigenvalue weighted by Crippen LogP contribution is -2.34. The second-order valence-electron chi connectivity index (χ2n) is 3.92. The Morgan fingerprint density at radius 1 is 1.15 bits per heavy atom. The molecular formula is C14H14N2O3S. The summed E-state index contributed by atoms with van der Waals surface area (Å²) in [5.41, 5.74) is 0.464. The van der Waals surface area contributed by atoms with Crippen molar-refractivity contribution in [3.63, 3.8) is 0 Å². The maximum absolute atomic E-state index is 11.8. The van der Waals surface area contributed by atoms with Crippen LogP contribution in [0.3, 0.4) is 0 Å². The Balaban J connectivity index is 1.92. The molecule has 0 saturated carbocycles. The quantitative estimate of drug-likeness (QED) is 0.846. The van der Waals surface area contributed by atoms with Gasteiger partial charge in [-0.05, 0) is 23.6 Å². The van der Waals surface area contributed by atoms with E-state index in [0.717, 1.165) is 4.88 Å². The smallest absolute Gasteiger partial charge is 0.313 e. The zero-order valence-electron chi connectivity index (χ0n) is 10.9. The molecule has 0 saturated heterocycles. The third kappa shape index (κ3) is 3.58. The normalized spacial score (nSPS) is 9.85. The molecule has 1 aromatic carbocycles. The van der Waals surface area contributed by atoms with E-state index in [1.807, 2.05) is 17.5 Å². The average molecular weight is 290 g/mol.